The van der Waals surface area contributed by atoms with E-state index in [9.17, 15) is 0 Å². The molecule has 0 N–H and O–H groups in total. The Morgan fingerprint density at radius 3 is 2.02 bits per heavy atom. The van der Waals surface area contributed by atoms with Crippen LogP contribution in [-0.2, 0) is 4.57 Å². The first kappa shape index (κ1) is 25.9. The zero-order valence-electron chi connectivity index (χ0n) is 24.2. The SMILES string of the molecule is O=P(c1ccccc1)(c1ccc(-c2ccncc2)cc1)c1ccc2c(c1)c1nc3ccccc3n1c1c3ccccc3ccc21. The zero-order valence-corrected chi connectivity index (χ0v) is 25.1. The molecule has 0 radical (unpaired) electrons. The number of rotatable bonds is 4. The largest absolute Gasteiger partial charge is 0.309 e. The Bertz CT molecular complexity index is 2610. The number of hydrogen-bond acceptors (Lipinski definition) is 3. The van der Waals surface area contributed by atoms with Crippen LogP contribution in [0, 0.1) is 0 Å². The van der Waals surface area contributed by atoms with Crippen LogP contribution in [0.15, 0.2) is 158 Å². The predicted molar refractivity (Wildman–Crippen MR) is 188 cm³/mol. The molecular formula is C40H26N3OP. The topological polar surface area (TPSA) is 47.3 Å². The molecule has 0 bridgehead atoms. The molecule has 3 heterocycles. The Balaban J connectivity index is 1.35. The van der Waals surface area contributed by atoms with Crippen LogP contribution in [0.1, 0.15) is 0 Å². The van der Waals surface area contributed by atoms with Gasteiger partial charge in [0.2, 0.25) is 0 Å². The maximum absolute atomic E-state index is 15.6. The predicted octanol–water partition coefficient (Wildman–Crippen LogP) is 8.65. The summed E-state index contributed by atoms with van der Waals surface area (Å²) in [5.74, 6) is 0. The lowest BCUT2D eigenvalue weighted by atomic mass is 10.0. The minimum absolute atomic E-state index is 0.784. The van der Waals surface area contributed by atoms with Crippen molar-refractivity contribution in [2.24, 2.45) is 0 Å². The second-order valence-corrected chi connectivity index (χ2v) is 14.2. The summed E-state index contributed by atoms with van der Waals surface area (Å²) in [4.78, 5) is 9.33. The molecule has 0 saturated carbocycles. The maximum atomic E-state index is 15.6. The average molecular weight is 596 g/mol. The lowest BCUT2D eigenvalue weighted by molar-refractivity contribution is 0.592. The maximum Gasteiger partial charge on any atom is 0.171 e. The molecule has 0 fully saturated rings. The van der Waals surface area contributed by atoms with Gasteiger partial charge in [0.1, 0.15) is 5.65 Å². The Kier molecular flexibility index (Phi) is 5.74. The van der Waals surface area contributed by atoms with E-state index < -0.39 is 7.14 Å². The van der Waals surface area contributed by atoms with Crippen molar-refractivity contribution in [3.05, 3.63) is 158 Å². The Hall–Kier alpha value is -5.57. The molecule has 0 aliphatic rings. The molecule has 45 heavy (non-hydrogen) atoms. The monoisotopic (exact) mass is 595 g/mol. The van der Waals surface area contributed by atoms with Gasteiger partial charge in [-0.25, -0.2) is 4.98 Å². The van der Waals surface area contributed by atoms with E-state index in [1.165, 1.54) is 10.8 Å². The fourth-order valence-electron chi connectivity index (χ4n) is 6.79. The summed E-state index contributed by atoms with van der Waals surface area (Å²) in [6, 6.07) is 49.5. The van der Waals surface area contributed by atoms with E-state index in [4.69, 9.17) is 4.98 Å². The summed E-state index contributed by atoms with van der Waals surface area (Å²) >= 11 is 0. The van der Waals surface area contributed by atoms with E-state index >= 15 is 4.57 Å². The van der Waals surface area contributed by atoms with Gasteiger partial charge in [-0.3, -0.25) is 9.38 Å². The molecular weight excluding hydrogens is 569 g/mol. The summed E-state index contributed by atoms with van der Waals surface area (Å²) in [6.45, 7) is 0. The molecule has 3 aromatic heterocycles. The van der Waals surface area contributed by atoms with Crippen LogP contribution in [0.25, 0.3) is 60.3 Å². The molecule has 5 heteroatoms. The smallest absolute Gasteiger partial charge is 0.171 e. The van der Waals surface area contributed by atoms with Gasteiger partial charge in [0.15, 0.2) is 7.14 Å². The zero-order chi connectivity index (χ0) is 30.0. The van der Waals surface area contributed by atoms with Crippen LogP contribution in [-0.4, -0.2) is 14.4 Å². The van der Waals surface area contributed by atoms with E-state index in [-0.39, 0.29) is 0 Å². The summed E-state index contributed by atoms with van der Waals surface area (Å²) < 4.78 is 17.9. The molecule has 9 aromatic rings. The normalized spacial score (nSPS) is 13.2. The van der Waals surface area contributed by atoms with Crippen LogP contribution in [0.2, 0.25) is 0 Å². The van der Waals surface area contributed by atoms with Crippen LogP contribution in [0.4, 0.5) is 0 Å². The summed E-state index contributed by atoms with van der Waals surface area (Å²) in [5.41, 5.74) is 6.12. The number of para-hydroxylation sites is 2. The summed E-state index contributed by atoms with van der Waals surface area (Å²) in [5, 5.41) is 7.96. The number of aromatic nitrogens is 3. The Morgan fingerprint density at radius 1 is 0.511 bits per heavy atom. The number of imidazole rings is 1. The molecule has 0 amide bonds. The molecule has 1 atom stereocenters. The van der Waals surface area contributed by atoms with Gasteiger partial charge >= 0.3 is 0 Å². The Labute approximate surface area is 259 Å². The number of benzene rings is 6. The van der Waals surface area contributed by atoms with Crippen molar-refractivity contribution in [1.82, 2.24) is 14.4 Å². The lowest BCUT2D eigenvalue weighted by Gasteiger charge is -2.21. The molecule has 0 aliphatic carbocycles. The van der Waals surface area contributed by atoms with Crippen molar-refractivity contribution in [3.63, 3.8) is 0 Å². The van der Waals surface area contributed by atoms with Gasteiger partial charge < -0.3 is 4.57 Å². The second kappa shape index (κ2) is 9.99. The number of pyridine rings is 2. The van der Waals surface area contributed by atoms with E-state index in [1.54, 1.807) is 12.4 Å². The van der Waals surface area contributed by atoms with Crippen molar-refractivity contribution in [2.45, 2.75) is 0 Å². The van der Waals surface area contributed by atoms with Crippen molar-refractivity contribution >= 4 is 72.2 Å². The van der Waals surface area contributed by atoms with Crippen molar-refractivity contribution in [1.29, 1.82) is 0 Å². The van der Waals surface area contributed by atoms with E-state index in [0.29, 0.717) is 0 Å². The van der Waals surface area contributed by atoms with Crippen LogP contribution in [0.5, 0.6) is 0 Å². The van der Waals surface area contributed by atoms with Gasteiger partial charge in [-0.15, -0.1) is 0 Å². The van der Waals surface area contributed by atoms with Crippen molar-refractivity contribution in [2.75, 3.05) is 0 Å². The molecule has 6 aromatic carbocycles. The molecule has 4 nitrogen and oxygen atoms in total. The summed E-state index contributed by atoms with van der Waals surface area (Å²) in [6.07, 6.45) is 3.58. The molecule has 0 spiro atoms. The van der Waals surface area contributed by atoms with Gasteiger partial charge in [0, 0.05) is 44.5 Å². The second-order valence-electron chi connectivity index (χ2n) is 11.4. The quantitative estimate of drug-likeness (QED) is 0.151. The molecule has 212 valence electrons. The third-order valence-corrected chi connectivity index (χ3v) is 12.0. The van der Waals surface area contributed by atoms with Gasteiger partial charge in [0.05, 0.1) is 16.6 Å². The first-order valence-corrected chi connectivity index (χ1v) is 16.7. The van der Waals surface area contributed by atoms with Gasteiger partial charge in [-0.1, -0.05) is 115 Å². The lowest BCUT2D eigenvalue weighted by Crippen LogP contribution is -2.25. The average Bonchev–Trinajstić information content (AvgIpc) is 3.51. The highest BCUT2D eigenvalue weighted by Gasteiger charge is 2.30. The molecule has 0 aliphatic heterocycles. The standard InChI is InChI=1S/C40H26N3OP/c44-45(30-9-2-1-3-10-30,31-17-14-27(15-18-31)28-22-24-41-25-23-28)32-19-21-34-35-20-16-29-8-4-5-11-33(29)39(35)43-38-13-7-6-12-37(38)42-40(43)36(34)26-32/h1-26H. The van der Waals surface area contributed by atoms with Crippen molar-refractivity contribution in [3.8, 4) is 11.1 Å². The minimum Gasteiger partial charge on any atom is -0.309 e. The molecule has 9 rings (SSSR count). The van der Waals surface area contributed by atoms with Crippen LogP contribution >= 0.6 is 7.14 Å². The number of fused-ring (bicyclic) bond motifs is 10. The van der Waals surface area contributed by atoms with Gasteiger partial charge in [-0.05, 0) is 52.2 Å². The number of hydrogen-bond donors (Lipinski definition) is 0. The van der Waals surface area contributed by atoms with Gasteiger partial charge in [-0.2, -0.15) is 0 Å². The third-order valence-electron chi connectivity index (χ3n) is 8.95. The Morgan fingerprint density at radius 2 is 1.18 bits per heavy atom. The first-order chi connectivity index (χ1) is 22.2. The first-order valence-electron chi connectivity index (χ1n) is 15.0. The fourth-order valence-corrected chi connectivity index (χ4v) is 9.44. The van der Waals surface area contributed by atoms with Crippen LogP contribution < -0.4 is 15.9 Å². The van der Waals surface area contributed by atoms with E-state index in [0.717, 1.165) is 65.4 Å². The highest BCUT2D eigenvalue weighted by Crippen LogP contribution is 2.44. The third kappa shape index (κ3) is 3.90. The van der Waals surface area contributed by atoms with E-state index in [2.05, 4.69) is 94.3 Å². The molecule has 0 saturated heterocycles. The van der Waals surface area contributed by atoms with Crippen molar-refractivity contribution < 1.29 is 4.57 Å². The summed E-state index contributed by atoms with van der Waals surface area (Å²) in [7, 11) is -3.25. The number of nitrogens with zero attached hydrogens (tertiary/aromatic N) is 3. The molecule has 1 unspecified atom stereocenters. The van der Waals surface area contributed by atoms with E-state index in [1.807, 2.05) is 60.7 Å². The minimum atomic E-state index is -3.25. The highest BCUT2D eigenvalue weighted by atomic mass is 31.2. The van der Waals surface area contributed by atoms with Gasteiger partial charge in [0.25, 0.3) is 0 Å². The fraction of sp³-hybridized carbons (Fsp3) is 0. The highest BCUT2D eigenvalue weighted by molar-refractivity contribution is 7.85. The van der Waals surface area contributed by atoms with Crippen LogP contribution in [0.3, 0.4) is 0 Å².